The SMILES string of the molecule is CCC(=O)Cn1cc(CNC(=O)CNC)nn1. The third-order valence-electron chi connectivity index (χ3n) is 2.12. The van der Waals surface area contributed by atoms with Gasteiger partial charge < -0.3 is 10.6 Å². The molecule has 0 bridgehead atoms. The van der Waals surface area contributed by atoms with Crippen molar-refractivity contribution in [3.8, 4) is 0 Å². The van der Waals surface area contributed by atoms with Crippen LogP contribution in [0.2, 0.25) is 0 Å². The largest absolute Gasteiger partial charge is 0.349 e. The van der Waals surface area contributed by atoms with Crippen LogP contribution < -0.4 is 10.6 Å². The zero-order valence-corrected chi connectivity index (χ0v) is 10.1. The van der Waals surface area contributed by atoms with Crippen molar-refractivity contribution < 1.29 is 9.59 Å². The standard InChI is InChI=1S/C10H17N5O2/c1-3-9(16)7-15-6-8(13-14-15)4-12-10(17)5-11-2/h6,11H,3-5,7H2,1-2H3,(H,12,17). The van der Waals surface area contributed by atoms with Crippen LogP contribution in [0.15, 0.2) is 6.20 Å². The Hall–Kier alpha value is -1.76. The Kier molecular flexibility index (Phi) is 5.28. The topological polar surface area (TPSA) is 88.9 Å². The molecule has 17 heavy (non-hydrogen) atoms. The number of nitrogens with one attached hydrogen (secondary N) is 2. The van der Waals surface area contributed by atoms with E-state index in [2.05, 4.69) is 20.9 Å². The summed E-state index contributed by atoms with van der Waals surface area (Å²) in [4.78, 5) is 22.3. The number of aromatic nitrogens is 3. The fraction of sp³-hybridized carbons (Fsp3) is 0.600. The lowest BCUT2D eigenvalue weighted by atomic mass is 10.3. The molecule has 0 aliphatic heterocycles. The van der Waals surface area contributed by atoms with Crippen molar-refractivity contribution in [1.29, 1.82) is 0 Å². The highest BCUT2D eigenvalue weighted by molar-refractivity contribution is 5.78. The summed E-state index contributed by atoms with van der Waals surface area (Å²) in [6.07, 6.45) is 2.14. The maximum Gasteiger partial charge on any atom is 0.234 e. The van der Waals surface area contributed by atoms with Crippen molar-refractivity contribution in [3.63, 3.8) is 0 Å². The van der Waals surface area contributed by atoms with Crippen LogP contribution in [0.1, 0.15) is 19.0 Å². The molecule has 2 N–H and O–H groups in total. The Morgan fingerprint density at radius 1 is 1.47 bits per heavy atom. The van der Waals surface area contributed by atoms with Crippen LogP contribution in [0.4, 0.5) is 0 Å². The van der Waals surface area contributed by atoms with E-state index in [0.29, 0.717) is 18.7 Å². The van der Waals surface area contributed by atoms with Crippen molar-refractivity contribution in [2.45, 2.75) is 26.4 Å². The molecule has 0 unspecified atom stereocenters. The number of likely N-dealkylation sites (N-methyl/N-ethyl adjacent to an activating group) is 1. The van der Waals surface area contributed by atoms with Crippen LogP contribution >= 0.6 is 0 Å². The number of nitrogens with zero attached hydrogens (tertiary/aromatic N) is 3. The second-order valence-corrected chi connectivity index (χ2v) is 3.61. The summed E-state index contributed by atoms with van der Waals surface area (Å²) in [6, 6.07) is 0. The highest BCUT2D eigenvalue weighted by atomic mass is 16.2. The van der Waals surface area contributed by atoms with E-state index in [4.69, 9.17) is 0 Å². The molecule has 0 aliphatic carbocycles. The van der Waals surface area contributed by atoms with Gasteiger partial charge in [0.1, 0.15) is 12.2 Å². The predicted molar refractivity (Wildman–Crippen MR) is 61.1 cm³/mol. The average molecular weight is 239 g/mol. The van der Waals surface area contributed by atoms with Crippen molar-refractivity contribution >= 4 is 11.7 Å². The zero-order chi connectivity index (χ0) is 12.7. The number of ketones is 1. The van der Waals surface area contributed by atoms with Crippen LogP contribution in [-0.4, -0.2) is 40.3 Å². The van der Waals surface area contributed by atoms with Crippen LogP contribution in [-0.2, 0) is 22.7 Å². The molecule has 1 rings (SSSR count). The van der Waals surface area contributed by atoms with Gasteiger partial charge in [0.15, 0.2) is 5.78 Å². The molecule has 1 aromatic rings. The molecule has 0 aliphatic rings. The number of hydrogen-bond donors (Lipinski definition) is 2. The van der Waals surface area contributed by atoms with Crippen molar-refractivity contribution in [2.75, 3.05) is 13.6 Å². The van der Waals surface area contributed by atoms with Crippen LogP contribution in [0.3, 0.4) is 0 Å². The third-order valence-corrected chi connectivity index (χ3v) is 2.12. The van der Waals surface area contributed by atoms with E-state index in [9.17, 15) is 9.59 Å². The van der Waals surface area contributed by atoms with Gasteiger partial charge in [-0.25, -0.2) is 4.68 Å². The first-order valence-electron chi connectivity index (χ1n) is 5.47. The number of carbonyl (C=O) groups is 2. The molecule has 1 heterocycles. The number of amides is 1. The molecular formula is C10H17N5O2. The van der Waals surface area contributed by atoms with E-state index < -0.39 is 0 Å². The quantitative estimate of drug-likeness (QED) is 0.643. The Labute approximate surface area is 99.6 Å². The van der Waals surface area contributed by atoms with Gasteiger partial charge in [-0.2, -0.15) is 0 Å². The summed E-state index contributed by atoms with van der Waals surface area (Å²) in [5.74, 6) is -0.00708. The summed E-state index contributed by atoms with van der Waals surface area (Å²) in [7, 11) is 1.70. The van der Waals surface area contributed by atoms with E-state index in [1.54, 1.807) is 20.2 Å². The monoisotopic (exact) mass is 239 g/mol. The zero-order valence-electron chi connectivity index (χ0n) is 10.1. The summed E-state index contributed by atoms with van der Waals surface area (Å²) < 4.78 is 1.48. The van der Waals surface area contributed by atoms with E-state index in [0.717, 1.165) is 0 Å². The lowest BCUT2D eigenvalue weighted by molar-refractivity contribution is -0.120. The fourth-order valence-electron chi connectivity index (χ4n) is 1.20. The van der Waals surface area contributed by atoms with Gasteiger partial charge in [0.2, 0.25) is 5.91 Å². The third kappa shape index (κ3) is 4.73. The minimum atomic E-state index is -0.105. The molecule has 0 aromatic carbocycles. The summed E-state index contributed by atoms with van der Waals surface area (Å²) >= 11 is 0. The Morgan fingerprint density at radius 2 is 2.24 bits per heavy atom. The minimum absolute atomic E-state index is 0.0978. The normalized spacial score (nSPS) is 10.2. The molecule has 0 spiro atoms. The van der Waals surface area contributed by atoms with Gasteiger partial charge in [-0.3, -0.25) is 9.59 Å². The molecule has 7 nitrogen and oxygen atoms in total. The molecule has 0 saturated heterocycles. The van der Waals surface area contributed by atoms with Gasteiger partial charge in [0, 0.05) is 6.42 Å². The van der Waals surface area contributed by atoms with Crippen molar-refractivity contribution in [3.05, 3.63) is 11.9 Å². The van der Waals surface area contributed by atoms with E-state index in [-0.39, 0.29) is 24.8 Å². The minimum Gasteiger partial charge on any atom is -0.349 e. The van der Waals surface area contributed by atoms with E-state index in [1.807, 2.05) is 0 Å². The van der Waals surface area contributed by atoms with Crippen LogP contribution in [0.25, 0.3) is 0 Å². The van der Waals surface area contributed by atoms with Crippen LogP contribution in [0, 0.1) is 0 Å². The maximum atomic E-state index is 11.2. The van der Waals surface area contributed by atoms with Gasteiger partial charge in [-0.05, 0) is 7.05 Å². The summed E-state index contributed by atoms with van der Waals surface area (Å²) in [6.45, 7) is 2.62. The molecule has 94 valence electrons. The number of hydrogen-bond acceptors (Lipinski definition) is 5. The number of Topliss-reactive ketones (excluding diaryl/α,β-unsaturated/α-hetero) is 1. The molecule has 1 aromatic heterocycles. The first kappa shape index (κ1) is 13.3. The Balaban J connectivity index is 2.40. The Morgan fingerprint density at radius 3 is 2.88 bits per heavy atom. The lowest BCUT2D eigenvalue weighted by Crippen LogP contribution is -2.31. The molecule has 0 fully saturated rings. The van der Waals surface area contributed by atoms with Gasteiger partial charge in [-0.1, -0.05) is 12.1 Å². The fourth-order valence-corrected chi connectivity index (χ4v) is 1.20. The highest BCUT2D eigenvalue weighted by Crippen LogP contribution is 1.94. The Bertz CT molecular complexity index is 388. The molecule has 7 heteroatoms. The van der Waals surface area contributed by atoms with Crippen molar-refractivity contribution in [2.24, 2.45) is 0 Å². The number of carbonyl (C=O) groups excluding carboxylic acids is 2. The van der Waals surface area contributed by atoms with E-state index in [1.165, 1.54) is 4.68 Å². The molecular weight excluding hydrogens is 222 g/mol. The van der Waals surface area contributed by atoms with Gasteiger partial charge >= 0.3 is 0 Å². The van der Waals surface area contributed by atoms with Gasteiger partial charge in [0.05, 0.1) is 19.3 Å². The maximum absolute atomic E-state index is 11.2. The van der Waals surface area contributed by atoms with Crippen LogP contribution in [0.5, 0.6) is 0 Å². The van der Waals surface area contributed by atoms with Gasteiger partial charge in [-0.15, -0.1) is 5.10 Å². The highest BCUT2D eigenvalue weighted by Gasteiger charge is 2.05. The average Bonchev–Trinajstić information content (AvgIpc) is 2.74. The summed E-state index contributed by atoms with van der Waals surface area (Å²) in [5.41, 5.74) is 0.637. The predicted octanol–water partition coefficient (Wildman–Crippen LogP) is -0.907. The van der Waals surface area contributed by atoms with E-state index >= 15 is 0 Å². The second-order valence-electron chi connectivity index (χ2n) is 3.61. The second kappa shape index (κ2) is 6.74. The smallest absolute Gasteiger partial charge is 0.234 e. The first-order chi connectivity index (χ1) is 8.15. The molecule has 0 atom stereocenters. The first-order valence-corrected chi connectivity index (χ1v) is 5.47. The summed E-state index contributed by atoms with van der Waals surface area (Å²) in [5, 5.41) is 13.1. The molecule has 0 saturated carbocycles. The van der Waals surface area contributed by atoms with Gasteiger partial charge in [0.25, 0.3) is 0 Å². The lowest BCUT2D eigenvalue weighted by Gasteiger charge is -2.00. The molecule has 0 radical (unpaired) electrons. The van der Waals surface area contributed by atoms with Crippen molar-refractivity contribution in [1.82, 2.24) is 25.6 Å². The molecule has 1 amide bonds. The number of rotatable bonds is 7.